The molecule has 5 rings (SSSR count). The lowest BCUT2D eigenvalue weighted by Gasteiger charge is -2.33. The van der Waals surface area contributed by atoms with Gasteiger partial charge in [0.15, 0.2) is 11.5 Å². The van der Waals surface area contributed by atoms with Crippen molar-refractivity contribution in [3.8, 4) is 11.1 Å². The average molecular weight is 625 g/mol. The number of quaternary nitrogens is 1. The zero-order valence-electron chi connectivity index (χ0n) is 24.4. The number of Topliss-reactive ketones (excluding diaryl/α,β-unsaturated/α-hetero) is 1. The molecule has 44 heavy (non-hydrogen) atoms. The average Bonchev–Trinajstić information content (AvgIpc) is 3.37. The summed E-state index contributed by atoms with van der Waals surface area (Å²) < 4.78 is 56.2. The highest BCUT2D eigenvalue weighted by molar-refractivity contribution is 7.89. The Labute approximate surface area is 254 Å². The summed E-state index contributed by atoms with van der Waals surface area (Å²) in [6, 6.07) is 13.6. The van der Waals surface area contributed by atoms with Crippen LogP contribution in [0.2, 0.25) is 0 Å². The number of hydrogen-bond acceptors (Lipinski definition) is 7. The standard InChI is InChI=1S/C31H35F2N7O3S/c1-20(41)30-29(26-17-23(32)6-9-28(26)38-30)27(34)19-40(35)18-21-10-14-39(15-11-21)16-13-37-44(42,43)24-7-4-22(5-8-24)25-3-2-12-36-31(25)33/h2-9,12,17,19,21,37-38H,10-11,13-16,18,34-35H2,1H3/p+1/b27-19-. The molecule has 0 atom stereocenters. The number of fused-ring (bicyclic) bond motifs is 1. The monoisotopic (exact) mass is 624 g/mol. The number of halogens is 2. The summed E-state index contributed by atoms with van der Waals surface area (Å²) in [5.41, 5.74) is 7.02. The van der Waals surface area contributed by atoms with Gasteiger partial charge < -0.3 is 20.6 Å². The number of nitrogens with zero attached hydrogens (tertiary/aromatic N) is 3. The Kier molecular flexibility index (Phi) is 9.51. The van der Waals surface area contributed by atoms with Gasteiger partial charge in [0.05, 0.1) is 22.4 Å². The van der Waals surface area contributed by atoms with Gasteiger partial charge in [0, 0.05) is 49.2 Å². The molecule has 0 radical (unpaired) electrons. The van der Waals surface area contributed by atoms with Crippen molar-refractivity contribution >= 4 is 32.4 Å². The molecule has 4 aromatic rings. The molecule has 2 aromatic heterocycles. The zero-order chi connectivity index (χ0) is 31.4. The molecule has 1 aliphatic heterocycles. The molecule has 7 N–H and O–H groups in total. The maximum Gasteiger partial charge on any atom is 0.240 e. The minimum Gasteiger partial charge on any atom is -0.351 e. The Morgan fingerprint density at radius 2 is 1.91 bits per heavy atom. The summed E-state index contributed by atoms with van der Waals surface area (Å²) in [5.74, 6) is 5.43. The fourth-order valence-corrected chi connectivity index (χ4v) is 6.63. The molecule has 0 amide bonds. The van der Waals surface area contributed by atoms with Crippen LogP contribution in [0.5, 0.6) is 0 Å². The van der Waals surface area contributed by atoms with E-state index in [1.165, 1.54) is 37.4 Å². The molecule has 0 spiro atoms. The van der Waals surface area contributed by atoms with Crippen LogP contribution < -0.4 is 16.3 Å². The molecule has 1 fully saturated rings. The van der Waals surface area contributed by atoms with Crippen LogP contribution in [-0.2, 0) is 10.0 Å². The van der Waals surface area contributed by atoms with Crippen LogP contribution in [0.4, 0.5) is 8.78 Å². The second-order valence-corrected chi connectivity index (χ2v) is 12.8. The van der Waals surface area contributed by atoms with E-state index in [-0.39, 0.29) is 17.2 Å². The van der Waals surface area contributed by atoms with Gasteiger partial charge >= 0.3 is 0 Å². The van der Waals surface area contributed by atoms with Gasteiger partial charge in [-0.05, 0) is 79.9 Å². The van der Waals surface area contributed by atoms with Crippen LogP contribution in [-0.4, -0.2) is 66.8 Å². The maximum absolute atomic E-state index is 14.0. The predicted octanol–water partition coefficient (Wildman–Crippen LogP) is 3.12. The predicted molar refractivity (Wildman–Crippen MR) is 164 cm³/mol. The molecule has 13 heteroatoms. The molecular formula is C31H36F2N7O3S+. The zero-order valence-corrected chi connectivity index (χ0v) is 25.2. The van der Waals surface area contributed by atoms with Crippen LogP contribution in [0, 0.1) is 17.7 Å². The minimum atomic E-state index is -3.72. The highest BCUT2D eigenvalue weighted by Gasteiger charge is 2.23. The highest BCUT2D eigenvalue weighted by atomic mass is 32.2. The summed E-state index contributed by atoms with van der Waals surface area (Å²) in [6.07, 6.45) is 4.80. The lowest BCUT2D eigenvalue weighted by molar-refractivity contribution is -0.245. The van der Waals surface area contributed by atoms with Crippen LogP contribution >= 0.6 is 0 Å². The number of carbonyl (C=O) groups is 1. The number of H-pyrrole nitrogens is 1. The Morgan fingerprint density at radius 1 is 1.18 bits per heavy atom. The molecule has 1 saturated heterocycles. The first kappa shape index (κ1) is 31.4. The van der Waals surface area contributed by atoms with Crippen molar-refractivity contribution in [3.05, 3.63) is 90.0 Å². The maximum atomic E-state index is 14.0. The molecule has 1 aliphatic rings. The van der Waals surface area contributed by atoms with E-state index < -0.39 is 21.8 Å². The number of hydrogen-bond donors (Lipinski definition) is 4. The largest absolute Gasteiger partial charge is 0.351 e. The third-order valence-electron chi connectivity index (χ3n) is 7.89. The normalized spacial score (nSPS) is 15.2. The number of nitrogens with two attached hydrogens (primary N) is 1. The van der Waals surface area contributed by atoms with Gasteiger partial charge in [-0.2, -0.15) is 4.39 Å². The second-order valence-electron chi connectivity index (χ2n) is 11.0. The van der Waals surface area contributed by atoms with Crippen molar-refractivity contribution in [1.29, 1.82) is 0 Å². The number of carbonyl (C=O) groups excluding carboxylic acids is 1. The molecule has 0 bridgehead atoms. The third kappa shape index (κ3) is 7.20. The number of sulfonamides is 1. The topological polar surface area (TPSA) is 152 Å². The SMILES string of the molecule is CC(=O)c1[nH]c2ccc(F)cc2c1/C([NH3+])=C/N(N)CC1CCN(CCNS(=O)(=O)c2ccc(-c3cccnc3F)cc2)CC1. The number of hydrazine groups is 1. The molecule has 0 unspecified atom stereocenters. The van der Waals surface area contributed by atoms with Crippen LogP contribution in [0.1, 0.15) is 35.8 Å². The summed E-state index contributed by atoms with van der Waals surface area (Å²) >= 11 is 0. The second kappa shape index (κ2) is 13.3. The molecule has 232 valence electrons. The molecule has 10 nitrogen and oxygen atoms in total. The molecule has 0 aliphatic carbocycles. The van der Waals surface area contributed by atoms with E-state index in [2.05, 4.69) is 25.3 Å². The lowest BCUT2D eigenvalue weighted by atomic mass is 9.96. The summed E-state index contributed by atoms with van der Waals surface area (Å²) in [6.45, 7) is 4.43. The molecule has 2 aromatic carbocycles. The van der Waals surface area contributed by atoms with Crippen molar-refractivity contribution < 1.29 is 27.7 Å². The van der Waals surface area contributed by atoms with Gasteiger partial charge in [-0.15, -0.1) is 0 Å². The first-order valence-electron chi connectivity index (χ1n) is 14.3. The van der Waals surface area contributed by atoms with Crippen molar-refractivity contribution in [2.45, 2.75) is 24.7 Å². The number of piperidine rings is 1. The Balaban J connectivity index is 1.11. The number of rotatable bonds is 11. The van der Waals surface area contributed by atoms with Gasteiger partial charge in [-0.1, -0.05) is 12.1 Å². The first-order chi connectivity index (χ1) is 21.0. The molecule has 0 saturated carbocycles. The van der Waals surface area contributed by atoms with Crippen molar-refractivity contribution in [3.63, 3.8) is 0 Å². The van der Waals surface area contributed by atoms with Gasteiger partial charge in [-0.25, -0.2) is 28.4 Å². The Hall–Kier alpha value is -4.01. The van der Waals surface area contributed by atoms with Gasteiger partial charge in [-0.3, -0.25) is 4.79 Å². The number of nitrogens with one attached hydrogen (secondary N) is 2. The van der Waals surface area contributed by atoms with Crippen molar-refractivity contribution in [2.75, 3.05) is 32.7 Å². The van der Waals surface area contributed by atoms with E-state index in [9.17, 15) is 22.0 Å². The van der Waals surface area contributed by atoms with Crippen LogP contribution in [0.3, 0.4) is 0 Å². The lowest BCUT2D eigenvalue weighted by Crippen LogP contribution is -2.48. The van der Waals surface area contributed by atoms with Crippen molar-refractivity contribution in [2.24, 2.45) is 11.8 Å². The van der Waals surface area contributed by atoms with E-state index in [1.54, 1.807) is 41.5 Å². The van der Waals surface area contributed by atoms with E-state index in [0.29, 0.717) is 58.0 Å². The van der Waals surface area contributed by atoms with Crippen LogP contribution in [0.25, 0.3) is 27.7 Å². The third-order valence-corrected chi connectivity index (χ3v) is 9.36. The van der Waals surface area contributed by atoms with E-state index >= 15 is 0 Å². The quantitative estimate of drug-likeness (QED) is 0.0866. The van der Waals surface area contributed by atoms with Gasteiger partial charge in [0.2, 0.25) is 16.0 Å². The number of aromatic amines is 1. The summed E-state index contributed by atoms with van der Waals surface area (Å²) in [5, 5.41) is 2.14. The molecule has 3 heterocycles. The fraction of sp³-hybridized carbons (Fsp3) is 0.290. The van der Waals surface area contributed by atoms with Gasteiger partial charge in [0.25, 0.3) is 0 Å². The number of aromatic nitrogens is 2. The number of likely N-dealkylation sites (tertiary alicyclic amines) is 1. The summed E-state index contributed by atoms with van der Waals surface area (Å²) in [4.78, 5) is 21.3. The van der Waals surface area contributed by atoms with Crippen molar-refractivity contribution in [1.82, 2.24) is 24.6 Å². The highest BCUT2D eigenvalue weighted by Crippen LogP contribution is 2.28. The minimum absolute atomic E-state index is 0.110. The Morgan fingerprint density at radius 3 is 2.59 bits per heavy atom. The number of benzene rings is 2. The number of ketones is 1. The fourth-order valence-electron chi connectivity index (χ4n) is 5.61. The van der Waals surface area contributed by atoms with Crippen LogP contribution in [0.15, 0.2) is 71.9 Å². The van der Waals surface area contributed by atoms with E-state index in [1.807, 2.05) is 0 Å². The van der Waals surface area contributed by atoms with E-state index in [4.69, 9.17) is 5.84 Å². The van der Waals surface area contributed by atoms with E-state index in [0.717, 1.165) is 25.9 Å². The molecular weight excluding hydrogens is 588 g/mol. The number of pyridine rings is 1. The Bertz CT molecular complexity index is 1780. The summed E-state index contributed by atoms with van der Waals surface area (Å²) in [7, 11) is -3.72. The smallest absolute Gasteiger partial charge is 0.240 e. The van der Waals surface area contributed by atoms with Gasteiger partial charge in [0.1, 0.15) is 5.82 Å². The first-order valence-corrected chi connectivity index (χ1v) is 15.8.